The molecule has 0 amide bonds. The van der Waals surface area contributed by atoms with E-state index >= 15 is 0 Å². The summed E-state index contributed by atoms with van der Waals surface area (Å²) >= 11 is 0. The monoisotopic (exact) mass is 330 g/mol. The standard InChI is InChI=1S/C18H14N6O/c1-2-5-13(6-3-1)8-9-23-17-14(11-20-23)18-21-16(15-7-4-10-25-15)22-24(18)12-19-17/h1-7,10-12H,8-9H2. The van der Waals surface area contributed by atoms with Gasteiger partial charge in [0.05, 0.1) is 17.8 Å². The Morgan fingerprint density at radius 2 is 1.92 bits per heavy atom. The van der Waals surface area contributed by atoms with Gasteiger partial charge in [0.25, 0.3) is 0 Å². The zero-order valence-corrected chi connectivity index (χ0v) is 13.3. The maximum absolute atomic E-state index is 5.37. The lowest BCUT2D eigenvalue weighted by atomic mass is 10.1. The normalized spacial score (nSPS) is 11.5. The van der Waals surface area contributed by atoms with Crippen LogP contribution in [0.3, 0.4) is 0 Å². The summed E-state index contributed by atoms with van der Waals surface area (Å²) < 4.78 is 8.94. The van der Waals surface area contributed by atoms with E-state index < -0.39 is 0 Å². The Bertz CT molecular complexity index is 1140. The molecule has 0 aliphatic rings. The highest BCUT2D eigenvalue weighted by Gasteiger charge is 2.14. The Balaban J connectivity index is 1.53. The van der Waals surface area contributed by atoms with E-state index in [-0.39, 0.29) is 0 Å². The average Bonchev–Trinajstić information content (AvgIpc) is 3.38. The summed E-state index contributed by atoms with van der Waals surface area (Å²) in [6.07, 6.45) is 5.96. The van der Waals surface area contributed by atoms with E-state index in [2.05, 4.69) is 32.3 Å². The highest BCUT2D eigenvalue weighted by Crippen LogP contribution is 2.21. The first-order valence-electron chi connectivity index (χ1n) is 8.03. The molecule has 4 aromatic heterocycles. The minimum atomic E-state index is 0.538. The molecule has 0 aliphatic carbocycles. The maximum atomic E-state index is 5.37. The number of rotatable bonds is 4. The maximum Gasteiger partial charge on any atom is 0.217 e. The van der Waals surface area contributed by atoms with E-state index in [1.165, 1.54) is 5.56 Å². The summed E-state index contributed by atoms with van der Waals surface area (Å²) in [4.78, 5) is 9.09. The summed E-state index contributed by atoms with van der Waals surface area (Å²) in [5, 5.41) is 9.78. The number of hydrogen-bond donors (Lipinski definition) is 0. The molecule has 0 atom stereocenters. The predicted molar refractivity (Wildman–Crippen MR) is 91.9 cm³/mol. The van der Waals surface area contributed by atoms with Crippen molar-refractivity contribution in [3.8, 4) is 11.6 Å². The molecule has 0 aliphatic heterocycles. The number of nitrogens with zero attached hydrogens (tertiary/aromatic N) is 6. The molecule has 0 unspecified atom stereocenters. The Morgan fingerprint density at radius 3 is 2.76 bits per heavy atom. The Labute approximate surface area is 142 Å². The van der Waals surface area contributed by atoms with Gasteiger partial charge >= 0.3 is 0 Å². The van der Waals surface area contributed by atoms with Crippen LogP contribution in [0.15, 0.2) is 65.7 Å². The Hall–Kier alpha value is -3.48. The lowest BCUT2D eigenvalue weighted by molar-refractivity contribution is 0.577. The van der Waals surface area contributed by atoms with Gasteiger partial charge in [-0.25, -0.2) is 19.2 Å². The fourth-order valence-electron chi connectivity index (χ4n) is 2.92. The van der Waals surface area contributed by atoms with E-state index in [4.69, 9.17) is 4.42 Å². The van der Waals surface area contributed by atoms with Gasteiger partial charge in [-0.15, -0.1) is 5.10 Å². The first-order valence-corrected chi connectivity index (χ1v) is 8.03. The van der Waals surface area contributed by atoms with Gasteiger partial charge in [-0.3, -0.25) is 0 Å². The molecular weight excluding hydrogens is 316 g/mol. The molecule has 0 spiro atoms. The average molecular weight is 330 g/mol. The fraction of sp³-hybridized carbons (Fsp3) is 0.111. The molecule has 0 bridgehead atoms. The molecule has 7 nitrogen and oxygen atoms in total. The van der Waals surface area contributed by atoms with Crippen molar-refractivity contribution < 1.29 is 4.42 Å². The van der Waals surface area contributed by atoms with Crippen molar-refractivity contribution in [2.24, 2.45) is 0 Å². The van der Waals surface area contributed by atoms with Crippen LogP contribution in [0.2, 0.25) is 0 Å². The zero-order chi connectivity index (χ0) is 16.6. The van der Waals surface area contributed by atoms with Gasteiger partial charge < -0.3 is 4.42 Å². The molecule has 122 valence electrons. The number of aryl methyl sites for hydroxylation is 2. The van der Waals surface area contributed by atoms with Gasteiger partial charge in [0, 0.05) is 6.54 Å². The largest absolute Gasteiger partial charge is 0.461 e. The summed E-state index contributed by atoms with van der Waals surface area (Å²) in [5.41, 5.74) is 2.80. The number of furan rings is 1. The summed E-state index contributed by atoms with van der Waals surface area (Å²) in [6, 6.07) is 14.0. The molecule has 25 heavy (non-hydrogen) atoms. The third-order valence-electron chi connectivity index (χ3n) is 4.17. The number of benzene rings is 1. The van der Waals surface area contributed by atoms with Crippen LogP contribution in [-0.2, 0) is 13.0 Å². The van der Waals surface area contributed by atoms with Gasteiger partial charge in [-0.1, -0.05) is 30.3 Å². The number of fused-ring (bicyclic) bond motifs is 3. The minimum Gasteiger partial charge on any atom is -0.461 e. The van der Waals surface area contributed by atoms with Crippen molar-refractivity contribution in [2.45, 2.75) is 13.0 Å². The molecule has 7 heteroatoms. The second-order valence-corrected chi connectivity index (χ2v) is 5.77. The lowest BCUT2D eigenvalue weighted by Crippen LogP contribution is -2.04. The van der Waals surface area contributed by atoms with E-state index in [0.717, 1.165) is 29.6 Å². The molecule has 1 aromatic carbocycles. The first-order chi connectivity index (χ1) is 12.4. The topological polar surface area (TPSA) is 74.0 Å². The van der Waals surface area contributed by atoms with Gasteiger partial charge in [0.2, 0.25) is 5.82 Å². The van der Waals surface area contributed by atoms with Gasteiger partial charge in [-0.05, 0) is 24.1 Å². The summed E-state index contributed by atoms with van der Waals surface area (Å²) in [5.74, 6) is 1.17. The first kappa shape index (κ1) is 13.9. The lowest BCUT2D eigenvalue weighted by Gasteiger charge is -2.03. The van der Waals surface area contributed by atoms with Crippen LogP contribution >= 0.6 is 0 Å². The van der Waals surface area contributed by atoms with Crippen molar-refractivity contribution in [1.29, 1.82) is 0 Å². The molecule has 4 heterocycles. The molecule has 5 aromatic rings. The molecule has 0 saturated heterocycles. The molecular formula is C18H14N6O. The van der Waals surface area contributed by atoms with Crippen LogP contribution < -0.4 is 0 Å². The van der Waals surface area contributed by atoms with Crippen molar-refractivity contribution in [3.63, 3.8) is 0 Å². The molecule has 0 fully saturated rings. The molecule has 0 saturated carbocycles. The van der Waals surface area contributed by atoms with E-state index in [1.807, 2.05) is 35.0 Å². The van der Waals surface area contributed by atoms with Crippen LogP contribution in [-0.4, -0.2) is 29.4 Å². The highest BCUT2D eigenvalue weighted by molar-refractivity contribution is 5.88. The molecule has 0 radical (unpaired) electrons. The van der Waals surface area contributed by atoms with Gasteiger partial charge in [-0.2, -0.15) is 5.10 Å². The quantitative estimate of drug-likeness (QED) is 0.506. The van der Waals surface area contributed by atoms with Crippen molar-refractivity contribution >= 4 is 16.7 Å². The van der Waals surface area contributed by atoms with Crippen LogP contribution in [0.1, 0.15) is 5.56 Å². The van der Waals surface area contributed by atoms with Gasteiger partial charge in [0.1, 0.15) is 6.33 Å². The Kier molecular flexibility index (Phi) is 3.09. The molecule has 5 rings (SSSR count). The Morgan fingerprint density at radius 1 is 1.00 bits per heavy atom. The third-order valence-corrected chi connectivity index (χ3v) is 4.17. The van der Waals surface area contributed by atoms with Crippen LogP contribution in [0, 0.1) is 0 Å². The fourth-order valence-corrected chi connectivity index (χ4v) is 2.92. The van der Waals surface area contributed by atoms with Crippen LogP contribution in [0.4, 0.5) is 0 Å². The summed E-state index contributed by atoms with van der Waals surface area (Å²) in [7, 11) is 0. The highest BCUT2D eigenvalue weighted by atomic mass is 16.3. The number of aromatic nitrogens is 6. The van der Waals surface area contributed by atoms with Crippen molar-refractivity contribution in [2.75, 3.05) is 0 Å². The number of hydrogen-bond acceptors (Lipinski definition) is 5. The van der Waals surface area contributed by atoms with E-state index in [1.54, 1.807) is 23.3 Å². The predicted octanol–water partition coefficient (Wildman–Crippen LogP) is 2.98. The van der Waals surface area contributed by atoms with Gasteiger partial charge in [0.15, 0.2) is 17.1 Å². The van der Waals surface area contributed by atoms with Crippen molar-refractivity contribution in [3.05, 3.63) is 66.8 Å². The smallest absolute Gasteiger partial charge is 0.217 e. The summed E-state index contributed by atoms with van der Waals surface area (Å²) in [6.45, 7) is 0.760. The third kappa shape index (κ3) is 2.37. The molecule has 0 N–H and O–H groups in total. The van der Waals surface area contributed by atoms with Crippen molar-refractivity contribution in [1.82, 2.24) is 29.4 Å². The second kappa shape index (κ2) is 5.55. The second-order valence-electron chi connectivity index (χ2n) is 5.77. The van der Waals surface area contributed by atoms with Crippen LogP contribution in [0.25, 0.3) is 28.3 Å². The zero-order valence-electron chi connectivity index (χ0n) is 13.3. The minimum absolute atomic E-state index is 0.538. The van der Waals surface area contributed by atoms with Crippen LogP contribution in [0.5, 0.6) is 0 Å². The SMILES string of the molecule is c1ccc(CCn2ncc3c2ncn2nc(-c4ccco4)nc32)cc1. The van der Waals surface area contributed by atoms with E-state index in [0.29, 0.717) is 11.6 Å². The van der Waals surface area contributed by atoms with E-state index in [9.17, 15) is 0 Å².